The first-order chi connectivity index (χ1) is 10.3. The molecule has 0 unspecified atom stereocenters. The summed E-state index contributed by atoms with van der Waals surface area (Å²) in [6.07, 6.45) is -3.71. The lowest BCUT2D eigenvalue weighted by atomic mass is 10.1. The minimum Gasteiger partial charge on any atom is -0.481 e. The third-order valence-corrected chi connectivity index (χ3v) is 3.47. The summed E-state index contributed by atoms with van der Waals surface area (Å²) in [6.45, 7) is 0. The van der Waals surface area contributed by atoms with Crippen LogP contribution in [-0.4, -0.2) is 29.4 Å². The molecule has 0 saturated heterocycles. The molecule has 1 amide bonds. The topological polar surface area (TPSA) is 75.6 Å². The summed E-state index contributed by atoms with van der Waals surface area (Å²) >= 11 is 0. The van der Waals surface area contributed by atoms with Gasteiger partial charge in [0.1, 0.15) is 5.75 Å². The van der Waals surface area contributed by atoms with Crippen LogP contribution in [0.1, 0.15) is 29.6 Å². The van der Waals surface area contributed by atoms with Gasteiger partial charge in [-0.15, -0.1) is 13.2 Å². The maximum atomic E-state index is 12.3. The lowest BCUT2D eigenvalue weighted by Gasteiger charge is -2.16. The highest BCUT2D eigenvalue weighted by Crippen LogP contribution is 2.28. The van der Waals surface area contributed by atoms with Crippen molar-refractivity contribution >= 4 is 11.9 Å². The molecule has 120 valence electrons. The largest absolute Gasteiger partial charge is 0.573 e. The Morgan fingerprint density at radius 3 is 2.50 bits per heavy atom. The zero-order chi connectivity index (χ0) is 16.3. The first kappa shape index (κ1) is 16.1. The maximum Gasteiger partial charge on any atom is 0.573 e. The first-order valence-corrected chi connectivity index (χ1v) is 6.64. The number of amides is 1. The summed E-state index contributed by atoms with van der Waals surface area (Å²) in [5, 5.41) is 11.5. The number of hydrogen-bond acceptors (Lipinski definition) is 3. The van der Waals surface area contributed by atoms with Crippen LogP contribution < -0.4 is 10.1 Å². The quantitative estimate of drug-likeness (QED) is 0.895. The number of benzene rings is 1. The highest BCUT2D eigenvalue weighted by Gasteiger charge is 2.34. The Hall–Kier alpha value is -2.25. The number of aliphatic carboxylic acids is 1. The maximum absolute atomic E-state index is 12.3. The lowest BCUT2D eigenvalue weighted by molar-refractivity contribution is -0.274. The highest BCUT2D eigenvalue weighted by atomic mass is 19.4. The number of ether oxygens (including phenoxy) is 1. The van der Waals surface area contributed by atoms with Crippen LogP contribution in [0, 0.1) is 5.92 Å². The van der Waals surface area contributed by atoms with Gasteiger partial charge >= 0.3 is 12.3 Å². The third kappa shape index (κ3) is 4.12. The predicted molar refractivity (Wildman–Crippen MR) is 69.4 cm³/mol. The SMILES string of the molecule is O=C(N[C@H]1CC[C@@H](C(=O)O)C1)c1ccccc1OC(F)(F)F. The highest BCUT2D eigenvalue weighted by molar-refractivity contribution is 5.97. The van der Waals surface area contributed by atoms with Crippen LogP contribution in [0.25, 0.3) is 0 Å². The summed E-state index contributed by atoms with van der Waals surface area (Å²) in [5.74, 6) is -2.76. The second-order valence-electron chi connectivity index (χ2n) is 5.06. The summed E-state index contributed by atoms with van der Waals surface area (Å²) in [6, 6.07) is 4.66. The number of nitrogens with one attached hydrogen (secondary N) is 1. The van der Waals surface area contributed by atoms with Crippen LogP contribution in [-0.2, 0) is 4.79 Å². The van der Waals surface area contributed by atoms with Gasteiger partial charge in [-0.25, -0.2) is 0 Å². The van der Waals surface area contributed by atoms with Gasteiger partial charge in [-0.1, -0.05) is 12.1 Å². The Morgan fingerprint density at radius 2 is 1.91 bits per heavy atom. The number of carbonyl (C=O) groups excluding carboxylic acids is 1. The fraction of sp³-hybridized carbons (Fsp3) is 0.429. The first-order valence-electron chi connectivity index (χ1n) is 6.64. The molecule has 0 spiro atoms. The van der Waals surface area contributed by atoms with Crippen LogP contribution in [0.5, 0.6) is 5.75 Å². The monoisotopic (exact) mass is 317 g/mol. The van der Waals surface area contributed by atoms with Crippen molar-refractivity contribution in [1.82, 2.24) is 5.32 Å². The Kier molecular flexibility index (Phi) is 4.58. The predicted octanol–water partition coefficient (Wildman–Crippen LogP) is 2.57. The standard InChI is InChI=1S/C14H14F3NO4/c15-14(16,17)22-11-4-2-1-3-10(11)12(19)18-9-6-5-8(7-9)13(20)21/h1-4,8-9H,5-7H2,(H,18,19)(H,20,21)/t8-,9+/m1/s1. The van der Waals surface area contributed by atoms with Gasteiger partial charge in [0.05, 0.1) is 11.5 Å². The number of halogens is 3. The average Bonchev–Trinajstić information content (AvgIpc) is 2.86. The van der Waals surface area contributed by atoms with Gasteiger partial charge in [-0.3, -0.25) is 9.59 Å². The summed E-state index contributed by atoms with van der Waals surface area (Å²) < 4.78 is 40.8. The minimum absolute atomic E-state index is 0.237. The molecule has 22 heavy (non-hydrogen) atoms. The van der Waals surface area contributed by atoms with E-state index in [4.69, 9.17) is 5.11 Å². The van der Waals surface area contributed by atoms with Crippen molar-refractivity contribution in [2.75, 3.05) is 0 Å². The molecule has 0 bridgehead atoms. The summed E-state index contributed by atoms with van der Waals surface area (Å²) in [4.78, 5) is 22.9. The van der Waals surface area contributed by atoms with Crippen LogP contribution in [0.2, 0.25) is 0 Å². The molecule has 1 aliphatic carbocycles. The van der Waals surface area contributed by atoms with Crippen molar-refractivity contribution in [2.24, 2.45) is 5.92 Å². The molecule has 5 nitrogen and oxygen atoms in total. The molecule has 2 rings (SSSR count). The third-order valence-electron chi connectivity index (χ3n) is 3.47. The van der Waals surface area contributed by atoms with Gasteiger partial charge in [-0.2, -0.15) is 0 Å². The Morgan fingerprint density at radius 1 is 1.23 bits per heavy atom. The molecule has 0 radical (unpaired) electrons. The van der Waals surface area contributed by atoms with Gasteiger partial charge in [0, 0.05) is 6.04 Å². The minimum atomic E-state index is -4.89. The fourth-order valence-corrected chi connectivity index (χ4v) is 2.47. The Labute approximate surface area is 124 Å². The van der Waals surface area contributed by atoms with Gasteiger partial charge in [0.2, 0.25) is 0 Å². The number of carboxylic acids is 1. The smallest absolute Gasteiger partial charge is 0.481 e. The second kappa shape index (κ2) is 6.25. The molecule has 0 aromatic heterocycles. The molecule has 2 atom stereocenters. The van der Waals surface area contributed by atoms with E-state index in [0.29, 0.717) is 12.8 Å². The second-order valence-corrected chi connectivity index (χ2v) is 5.06. The van der Waals surface area contributed by atoms with E-state index in [9.17, 15) is 22.8 Å². The number of alkyl halides is 3. The van der Waals surface area contributed by atoms with Gasteiger partial charge < -0.3 is 15.2 Å². The number of rotatable bonds is 4. The Bertz CT molecular complexity index is 573. The molecular weight excluding hydrogens is 303 g/mol. The normalized spacial score (nSPS) is 21.4. The van der Waals surface area contributed by atoms with Gasteiger partial charge in [0.25, 0.3) is 5.91 Å². The summed E-state index contributed by atoms with van der Waals surface area (Å²) in [7, 11) is 0. The van der Waals surface area contributed by atoms with E-state index in [0.717, 1.165) is 6.07 Å². The van der Waals surface area contributed by atoms with Crippen molar-refractivity contribution in [3.63, 3.8) is 0 Å². The molecule has 1 saturated carbocycles. The van der Waals surface area contributed by atoms with Crippen molar-refractivity contribution < 1.29 is 32.6 Å². The molecule has 1 aromatic rings. The van der Waals surface area contributed by atoms with E-state index in [1.54, 1.807) is 0 Å². The van der Waals surface area contributed by atoms with Crippen molar-refractivity contribution in [3.8, 4) is 5.75 Å². The summed E-state index contributed by atoms with van der Waals surface area (Å²) in [5.41, 5.74) is -0.237. The van der Waals surface area contributed by atoms with Crippen LogP contribution >= 0.6 is 0 Å². The zero-order valence-corrected chi connectivity index (χ0v) is 11.4. The molecule has 2 N–H and O–H groups in total. The van der Waals surface area contributed by atoms with E-state index in [1.807, 2.05) is 0 Å². The number of para-hydroxylation sites is 1. The molecule has 1 fully saturated rings. The van der Waals surface area contributed by atoms with E-state index in [2.05, 4.69) is 10.1 Å². The van der Waals surface area contributed by atoms with Crippen LogP contribution in [0.4, 0.5) is 13.2 Å². The van der Waals surface area contributed by atoms with Gasteiger partial charge in [0.15, 0.2) is 0 Å². The molecule has 0 aliphatic heterocycles. The van der Waals surface area contributed by atoms with E-state index < -0.39 is 29.9 Å². The van der Waals surface area contributed by atoms with Gasteiger partial charge in [-0.05, 0) is 31.4 Å². The van der Waals surface area contributed by atoms with Crippen LogP contribution in [0.3, 0.4) is 0 Å². The number of carboxylic acid groups (broad SMARTS) is 1. The van der Waals surface area contributed by atoms with Crippen molar-refractivity contribution in [1.29, 1.82) is 0 Å². The zero-order valence-electron chi connectivity index (χ0n) is 11.4. The van der Waals surface area contributed by atoms with E-state index >= 15 is 0 Å². The lowest BCUT2D eigenvalue weighted by Crippen LogP contribution is -2.34. The molecule has 0 heterocycles. The molecule has 1 aromatic carbocycles. The average molecular weight is 317 g/mol. The van der Waals surface area contributed by atoms with Crippen LogP contribution in [0.15, 0.2) is 24.3 Å². The fourth-order valence-electron chi connectivity index (χ4n) is 2.47. The number of carbonyl (C=O) groups is 2. The molecule has 1 aliphatic rings. The molecule has 8 heteroatoms. The van der Waals surface area contributed by atoms with Crippen molar-refractivity contribution in [2.45, 2.75) is 31.7 Å². The number of hydrogen-bond donors (Lipinski definition) is 2. The van der Waals surface area contributed by atoms with Crippen molar-refractivity contribution in [3.05, 3.63) is 29.8 Å². The Balaban J connectivity index is 2.06. The molecular formula is C14H14F3NO4. The van der Waals surface area contributed by atoms with E-state index in [-0.39, 0.29) is 18.0 Å². The van der Waals surface area contributed by atoms with E-state index in [1.165, 1.54) is 18.2 Å².